The van der Waals surface area contributed by atoms with Crippen LogP contribution in [-0.2, 0) is 12.8 Å². The van der Waals surface area contributed by atoms with Crippen molar-refractivity contribution in [2.45, 2.75) is 25.7 Å². The predicted octanol–water partition coefficient (Wildman–Crippen LogP) is 3.84. The molecule has 2 aromatic rings. The number of carbonyl (C=O) groups excluding carboxylic acids is 1. The zero-order chi connectivity index (χ0) is 15.4. The van der Waals surface area contributed by atoms with Crippen LogP contribution in [0.15, 0.2) is 42.5 Å². The lowest BCUT2D eigenvalue weighted by Crippen LogP contribution is -2.12. The Morgan fingerprint density at radius 3 is 2.64 bits per heavy atom. The van der Waals surface area contributed by atoms with Crippen LogP contribution in [0, 0.1) is 0 Å². The minimum Gasteiger partial charge on any atom is -0.497 e. The van der Waals surface area contributed by atoms with Crippen LogP contribution in [-0.4, -0.2) is 19.5 Å². The second-order valence-corrected chi connectivity index (χ2v) is 5.58. The van der Waals surface area contributed by atoms with Gasteiger partial charge in [0.25, 0.3) is 0 Å². The van der Waals surface area contributed by atoms with Crippen molar-refractivity contribution < 1.29 is 14.3 Å². The molecule has 0 aromatic heterocycles. The van der Waals surface area contributed by atoms with Crippen molar-refractivity contribution in [3.63, 3.8) is 0 Å². The summed E-state index contributed by atoms with van der Waals surface area (Å²) in [4.78, 5) is 12.2. The summed E-state index contributed by atoms with van der Waals surface area (Å²) in [6.45, 7) is 0.0476. The lowest BCUT2D eigenvalue weighted by Gasteiger charge is -2.16. The fourth-order valence-corrected chi connectivity index (χ4v) is 2.83. The Hall–Kier alpha value is -2.29. The van der Waals surface area contributed by atoms with Crippen LogP contribution >= 0.6 is 0 Å². The summed E-state index contributed by atoms with van der Waals surface area (Å²) in [6, 6.07) is 13.3. The minimum absolute atomic E-state index is 0.0448. The molecule has 0 aliphatic heterocycles. The molecule has 2 aromatic carbocycles. The van der Waals surface area contributed by atoms with E-state index in [1.807, 2.05) is 18.2 Å². The zero-order valence-electron chi connectivity index (χ0n) is 12.8. The Labute approximate surface area is 130 Å². The number of Topliss-reactive ketones (excluding diaryl/α,β-unsaturated/α-hetero) is 1. The first-order chi connectivity index (χ1) is 10.8. The molecule has 0 radical (unpaired) electrons. The van der Waals surface area contributed by atoms with Crippen molar-refractivity contribution in [2.24, 2.45) is 0 Å². The molecule has 114 valence electrons. The molecule has 0 spiro atoms. The van der Waals surface area contributed by atoms with Crippen LogP contribution in [0.4, 0.5) is 0 Å². The predicted molar refractivity (Wildman–Crippen MR) is 85.9 cm³/mol. The van der Waals surface area contributed by atoms with Gasteiger partial charge in [0.15, 0.2) is 12.4 Å². The molecule has 3 heteroatoms. The number of benzene rings is 2. The largest absolute Gasteiger partial charge is 0.497 e. The van der Waals surface area contributed by atoms with Gasteiger partial charge < -0.3 is 9.47 Å². The first kappa shape index (κ1) is 14.6. The molecule has 1 aliphatic rings. The Bertz CT molecular complexity index is 676. The maximum Gasteiger partial charge on any atom is 0.200 e. The van der Waals surface area contributed by atoms with E-state index in [0.717, 1.165) is 18.6 Å². The first-order valence-electron chi connectivity index (χ1n) is 7.68. The standard InChI is InChI=1S/C19H20O3/c1-21-17-8-4-7-16(12-17)19(20)13-22-18-10-9-14-5-2-3-6-15(14)11-18/h4,7-12H,2-3,5-6,13H2,1H3. The smallest absolute Gasteiger partial charge is 0.200 e. The first-order valence-corrected chi connectivity index (χ1v) is 7.68. The molecule has 3 rings (SSSR count). The highest BCUT2D eigenvalue weighted by Gasteiger charge is 2.12. The second kappa shape index (κ2) is 6.65. The van der Waals surface area contributed by atoms with Crippen LogP contribution in [0.3, 0.4) is 0 Å². The average Bonchev–Trinajstić information content (AvgIpc) is 2.59. The molecule has 0 N–H and O–H groups in total. The summed E-state index contributed by atoms with van der Waals surface area (Å²) in [5, 5.41) is 0. The molecule has 0 saturated heterocycles. The Morgan fingerprint density at radius 2 is 1.82 bits per heavy atom. The van der Waals surface area contributed by atoms with Gasteiger partial charge in [-0.3, -0.25) is 4.79 Å². The number of aryl methyl sites for hydroxylation is 2. The molecule has 3 nitrogen and oxygen atoms in total. The molecular formula is C19H20O3. The van der Waals surface area contributed by atoms with Crippen molar-refractivity contribution >= 4 is 5.78 Å². The number of ketones is 1. The molecule has 22 heavy (non-hydrogen) atoms. The van der Waals surface area contributed by atoms with E-state index in [9.17, 15) is 4.79 Å². The monoisotopic (exact) mass is 296 g/mol. The summed E-state index contributed by atoms with van der Waals surface area (Å²) in [5.74, 6) is 1.41. The van der Waals surface area contributed by atoms with E-state index < -0.39 is 0 Å². The third-order valence-corrected chi connectivity index (χ3v) is 4.08. The minimum atomic E-state index is -0.0448. The van der Waals surface area contributed by atoms with Gasteiger partial charge in [-0.15, -0.1) is 0 Å². The summed E-state index contributed by atoms with van der Waals surface area (Å²) in [6.07, 6.45) is 4.76. The summed E-state index contributed by atoms with van der Waals surface area (Å²) < 4.78 is 10.8. The lowest BCUT2D eigenvalue weighted by atomic mass is 9.92. The zero-order valence-corrected chi connectivity index (χ0v) is 12.8. The molecule has 0 amide bonds. The van der Waals surface area contributed by atoms with Crippen molar-refractivity contribution in [1.82, 2.24) is 0 Å². The topological polar surface area (TPSA) is 35.5 Å². The van der Waals surface area contributed by atoms with Crippen molar-refractivity contribution in [3.05, 3.63) is 59.2 Å². The SMILES string of the molecule is COc1cccc(C(=O)COc2ccc3c(c2)CCCC3)c1. The Morgan fingerprint density at radius 1 is 1.00 bits per heavy atom. The molecule has 0 unspecified atom stereocenters. The summed E-state index contributed by atoms with van der Waals surface area (Å²) in [5.41, 5.74) is 3.38. The van der Waals surface area contributed by atoms with Gasteiger partial charge in [-0.1, -0.05) is 18.2 Å². The Kier molecular flexibility index (Phi) is 4.42. The number of rotatable bonds is 5. The highest BCUT2D eigenvalue weighted by Crippen LogP contribution is 2.25. The van der Waals surface area contributed by atoms with E-state index in [2.05, 4.69) is 12.1 Å². The number of carbonyl (C=O) groups is 1. The van der Waals surface area contributed by atoms with Gasteiger partial charge in [0.1, 0.15) is 11.5 Å². The quantitative estimate of drug-likeness (QED) is 0.787. The number of methoxy groups -OCH3 is 1. The number of hydrogen-bond acceptors (Lipinski definition) is 3. The number of hydrogen-bond donors (Lipinski definition) is 0. The molecule has 0 atom stereocenters. The van der Waals surface area contributed by atoms with Gasteiger partial charge in [-0.05, 0) is 61.1 Å². The van der Waals surface area contributed by atoms with Gasteiger partial charge in [0.05, 0.1) is 7.11 Å². The highest BCUT2D eigenvalue weighted by atomic mass is 16.5. The van der Waals surface area contributed by atoms with E-state index in [0.29, 0.717) is 11.3 Å². The fraction of sp³-hybridized carbons (Fsp3) is 0.316. The van der Waals surface area contributed by atoms with E-state index in [4.69, 9.17) is 9.47 Å². The third kappa shape index (κ3) is 3.30. The van der Waals surface area contributed by atoms with Gasteiger partial charge >= 0.3 is 0 Å². The van der Waals surface area contributed by atoms with E-state index >= 15 is 0 Å². The number of ether oxygens (including phenoxy) is 2. The van der Waals surface area contributed by atoms with Crippen LogP contribution in [0.25, 0.3) is 0 Å². The van der Waals surface area contributed by atoms with Crippen LogP contribution < -0.4 is 9.47 Å². The van der Waals surface area contributed by atoms with E-state index in [-0.39, 0.29) is 12.4 Å². The van der Waals surface area contributed by atoms with E-state index in [1.54, 1.807) is 19.2 Å². The normalized spacial score (nSPS) is 13.3. The van der Waals surface area contributed by atoms with Crippen LogP contribution in [0.2, 0.25) is 0 Å². The summed E-state index contributed by atoms with van der Waals surface area (Å²) >= 11 is 0. The molecule has 0 bridgehead atoms. The maximum atomic E-state index is 12.2. The molecule has 1 aliphatic carbocycles. The molecule has 0 heterocycles. The molecule has 0 saturated carbocycles. The van der Waals surface area contributed by atoms with Crippen LogP contribution in [0.5, 0.6) is 11.5 Å². The van der Waals surface area contributed by atoms with Crippen molar-refractivity contribution in [1.29, 1.82) is 0 Å². The van der Waals surface area contributed by atoms with Crippen molar-refractivity contribution in [2.75, 3.05) is 13.7 Å². The maximum absolute atomic E-state index is 12.2. The van der Waals surface area contributed by atoms with Gasteiger partial charge in [0.2, 0.25) is 0 Å². The fourth-order valence-electron chi connectivity index (χ4n) is 2.83. The van der Waals surface area contributed by atoms with Gasteiger partial charge in [-0.2, -0.15) is 0 Å². The Balaban J connectivity index is 1.65. The van der Waals surface area contributed by atoms with Gasteiger partial charge in [-0.25, -0.2) is 0 Å². The molecular weight excluding hydrogens is 276 g/mol. The lowest BCUT2D eigenvalue weighted by molar-refractivity contribution is 0.0921. The van der Waals surface area contributed by atoms with E-state index in [1.165, 1.54) is 24.0 Å². The number of fused-ring (bicyclic) bond motifs is 1. The highest BCUT2D eigenvalue weighted by molar-refractivity contribution is 5.97. The van der Waals surface area contributed by atoms with Crippen molar-refractivity contribution in [3.8, 4) is 11.5 Å². The summed E-state index contributed by atoms with van der Waals surface area (Å²) in [7, 11) is 1.59. The average molecular weight is 296 g/mol. The third-order valence-electron chi connectivity index (χ3n) is 4.08. The van der Waals surface area contributed by atoms with Crippen LogP contribution in [0.1, 0.15) is 34.3 Å². The second-order valence-electron chi connectivity index (χ2n) is 5.58. The molecule has 0 fully saturated rings. The van der Waals surface area contributed by atoms with Gasteiger partial charge in [0, 0.05) is 5.56 Å².